The smallest absolute Gasteiger partial charge is 0.318 e. The van der Waals surface area contributed by atoms with Crippen LogP contribution in [0.4, 0.5) is 5.69 Å². The van der Waals surface area contributed by atoms with Crippen molar-refractivity contribution in [1.82, 2.24) is 0 Å². The van der Waals surface area contributed by atoms with Gasteiger partial charge in [-0.1, -0.05) is 13.0 Å². The molecule has 1 aromatic carbocycles. The second kappa shape index (κ2) is 6.40. The molecule has 0 fully saturated rings. The van der Waals surface area contributed by atoms with Gasteiger partial charge in [0.2, 0.25) is 5.91 Å². The predicted molar refractivity (Wildman–Crippen MR) is 65.6 cm³/mol. The Labute approximate surface area is 105 Å². The molecule has 0 aliphatic rings. The fraction of sp³-hybridized carbons (Fsp3) is 0.308. The van der Waals surface area contributed by atoms with Crippen molar-refractivity contribution in [3.05, 3.63) is 29.8 Å². The highest BCUT2D eigenvalue weighted by molar-refractivity contribution is 6.04. The lowest BCUT2D eigenvalue weighted by atomic mass is 10.1. The van der Waals surface area contributed by atoms with E-state index in [2.05, 4.69) is 10.1 Å². The van der Waals surface area contributed by atoms with E-state index in [9.17, 15) is 9.59 Å². The van der Waals surface area contributed by atoms with Gasteiger partial charge in [0.25, 0.3) is 0 Å². The van der Waals surface area contributed by atoms with Crippen LogP contribution in [-0.4, -0.2) is 19.0 Å². The highest BCUT2D eigenvalue weighted by Crippen LogP contribution is 2.13. The molecule has 1 N–H and O–H groups in total. The molecule has 1 aromatic rings. The number of carbonyl (C=O) groups is 2. The molecule has 0 saturated carbocycles. The lowest BCUT2D eigenvalue weighted by Gasteiger charge is -2.12. The summed E-state index contributed by atoms with van der Waals surface area (Å²) in [5.74, 6) is -1.83. The van der Waals surface area contributed by atoms with Crippen LogP contribution in [-0.2, 0) is 14.3 Å². The molecule has 0 bridgehead atoms. The van der Waals surface area contributed by atoms with Crippen LogP contribution in [0.3, 0.4) is 0 Å². The molecule has 94 valence electrons. The molecular weight excluding hydrogens is 232 g/mol. The summed E-state index contributed by atoms with van der Waals surface area (Å²) >= 11 is 0. The Morgan fingerprint density at radius 2 is 2.22 bits per heavy atom. The molecule has 0 aliphatic carbocycles. The van der Waals surface area contributed by atoms with Gasteiger partial charge in [0.1, 0.15) is 5.92 Å². The van der Waals surface area contributed by atoms with Crippen LogP contribution in [0.15, 0.2) is 24.3 Å². The number of anilines is 1. The SMILES string of the molecule is CCC(C(=O)Nc1cccc(C#N)c1)C(=O)OC. The first kappa shape index (κ1) is 13.7. The average Bonchev–Trinajstić information content (AvgIpc) is 2.39. The van der Waals surface area contributed by atoms with Crippen molar-refractivity contribution in [3.63, 3.8) is 0 Å². The van der Waals surface area contributed by atoms with Gasteiger partial charge in [-0.3, -0.25) is 9.59 Å². The van der Waals surface area contributed by atoms with Gasteiger partial charge in [-0.25, -0.2) is 0 Å². The zero-order chi connectivity index (χ0) is 13.5. The number of nitrogens with one attached hydrogen (secondary N) is 1. The summed E-state index contributed by atoms with van der Waals surface area (Å²) in [6.45, 7) is 1.73. The fourth-order valence-electron chi connectivity index (χ4n) is 1.50. The maximum absolute atomic E-state index is 11.8. The van der Waals surface area contributed by atoms with Crippen LogP contribution < -0.4 is 5.32 Å². The standard InChI is InChI=1S/C13H14N2O3/c1-3-11(13(17)18-2)12(16)15-10-6-4-5-9(7-10)8-14/h4-7,11H,3H2,1-2H3,(H,15,16). The number of hydrogen-bond acceptors (Lipinski definition) is 4. The van der Waals surface area contributed by atoms with Crippen molar-refractivity contribution in [2.75, 3.05) is 12.4 Å². The number of rotatable bonds is 4. The Bertz CT molecular complexity index is 491. The lowest BCUT2D eigenvalue weighted by molar-refractivity contribution is -0.148. The zero-order valence-electron chi connectivity index (χ0n) is 10.3. The molecule has 0 aromatic heterocycles. The van der Waals surface area contributed by atoms with Gasteiger partial charge >= 0.3 is 5.97 Å². The van der Waals surface area contributed by atoms with Crippen molar-refractivity contribution < 1.29 is 14.3 Å². The molecule has 0 aliphatic heterocycles. The number of nitriles is 1. The first-order chi connectivity index (χ1) is 8.62. The van der Waals surface area contributed by atoms with Crippen LogP contribution in [0.5, 0.6) is 0 Å². The Balaban J connectivity index is 2.80. The third kappa shape index (κ3) is 3.32. The predicted octanol–water partition coefficient (Wildman–Crippen LogP) is 1.70. The molecule has 0 saturated heterocycles. The molecule has 1 atom stereocenters. The molecule has 5 heteroatoms. The summed E-state index contributed by atoms with van der Waals surface area (Å²) in [7, 11) is 1.24. The molecule has 5 nitrogen and oxygen atoms in total. The van der Waals surface area contributed by atoms with E-state index in [-0.39, 0.29) is 0 Å². The summed E-state index contributed by atoms with van der Waals surface area (Å²) in [6.07, 6.45) is 0.358. The zero-order valence-corrected chi connectivity index (χ0v) is 10.3. The number of hydrogen-bond donors (Lipinski definition) is 1. The van der Waals surface area contributed by atoms with E-state index in [1.54, 1.807) is 31.2 Å². The van der Waals surface area contributed by atoms with Gasteiger partial charge < -0.3 is 10.1 Å². The molecule has 18 heavy (non-hydrogen) atoms. The van der Waals surface area contributed by atoms with Gasteiger partial charge in [0.05, 0.1) is 18.7 Å². The monoisotopic (exact) mass is 246 g/mol. The molecule has 0 heterocycles. The van der Waals surface area contributed by atoms with E-state index in [1.807, 2.05) is 6.07 Å². The van der Waals surface area contributed by atoms with Crippen molar-refractivity contribution in [2.45, 2.75) is 13.3 Å². The van der Waals surface area contributed by atoms with Crippen LogP contribution in [0.1, 0.15) is 18.9 Å². The van der Waals surface area contributed by atoms with Crippen molar-refractivity contribution in [1.29, 1.82) is 5.26 Å². The normalized spacial score (nSPS) is 11.2. The maximum Gasteiger partial charge on any atom is 0.318 e. The minimum Gasteiger partial charge on any atom is -0.468 e. The molecule has 1 unspecified atom stereocenters. The minimum atomic E-state index is -0.833. The number of methoxy groups -OCH3 is 1. The van der Waals surface area contributed by atoms with E-state index >= 15 is 0 Å². The van der Waals surface area contributed by atoms with Gasteiger partial charge in [-0.2, -0.15) is 5.26 Å². The summed E-state index contributed by atoms with van der Waals surface area (Å²) in [5, 5.41) is 11.3. The number of nitrogens with zero attached hydrogens (tertiary/aromatic N) is 1. The first-order valence-electron chi connectivity index (χ1n) is 5.51. The van der Waals surface area contributed by atoms with E-state index in [4.69, 9.17) is 5.26 Å². The molecule has 0 radical (unpaired) electrons. The summed E-state index contributed by atoms with van der Waals surface area (Å²) in [4.78, 5) is 23.2. The summed E-state index contributed by atoms with van der Waals surface area (Å²) in [5.41, 5.74) is 0.931. The molecule has 1 rings (SSSR count). The summed E-state index contributed by atoms with van der Waals surface area (Å²) < 4.78 is 4.55. The van der Waals surface area contributed by atoms with E-state index in [1.165, 1.54) is 7.11 Å². The Morgan fingerprint density at radius 3 is 2.78 bits per heavy atom. The quantitative estimate of drug-likeness (QED) is 0.647. The Hall–Kier alpha value is -2.35. The number of benzene rings is 1. The second-order valence-corrected chi connectivity index (χ2v) is 3.67. The minimum absolute atomic E-state index is 0.358. The number of ether oxygens (including phenoxy) is 1. The molecule has 1 amide bonds. The van der Waals surface area contributed by atoms with E-state index < -0.39 is 17.8 Å². The van der Waals surface area contributed by atoms with Gasteiger partial charge in [0, 0.05) is 5.69 Å². The third-order valence-corrected chi connectivity index (χ3v) is 2.47. The van der Waals surface area contributed by atoms with Crippen LogP contribution in [0.2, 0.25) is 0 Å². The topological polar surface area (TPSA) is 79.2 Å². The molecule has 0 spiro atoms. The van der Waals surface area contributed by atoms with Crippen LogP contribution in [0.25, 0.3) is 0 Å². The van der Waals surface area contributed by atoms with Gasteiger partial charge in [-0.05, 0) is 24.6 Å². The number of carbonyl (C=O) groups excluding carboxylic acids is 2. The Kier molecular flexibility index (Phi) is 4.88. The highest BCUT2D eigenvalue weighted by Gasteiger charge is 2.25. The average molecular weight is 246 g/mol. The summed E-state index contributed by atoms with van der Waals surface area (Å²) in [6, 6.07) is 8.47. The van der Waals surface area contributed by atoms with Crippen molar-refractivity contribution in [3.8, 4) is 6.07 Å². The van der Waals surface area contributed by atoms with Crippen LogP contribution >= 0.6 is 0 Å². The van der Waals surface area contributed by atoms with Crippen molar-refractivity contribution >= 4 is 17.6 Å². The van der Waals surface area contributed by atoms with E-state index in [0.717, 1.165) is 0 Å². The largest absolute Gasteiger partial charge is 0.468 e. The van der Waals surface area contributed by atoms with Crippen LogP contribution in [0, 0.1) is 17.2 Å². The van der Waals surface area contributed by atoms with Gasteiger partial charge in [-0.15, -0.1) is 0 Å². The second-order valence-electron chi connectivity index (χ2n) is 3.67. The van der Waals surface area contributed by atoms with Crippen molar-refractivity contribution in [2.24, 2.45) is 5.92 Å². The number of esters is 1. The van der Waals surface area contributed by atoms with Gasteiger partial charge in [0.15, 0.2) is 0 Å². The Morgan fingerprint density at radius 1 is 1.50 bits per heavy atom. The molecular formula is C13H14N2O3. The van der Waals surface area contributed by atoms with E-state index in [0.29, 0.717) is 17.7 Å². The highest BCUT2D eigenvalue weighted by atomic mass is 16.5. The lowest BCUT2D eigenvalue weighted by Crippen LogP contribution is -2.30. The third-order valence-electron chi connectivity index (χ3n) is 2.47. The maximum atomic E-state index is 11.8. The fourth-order valence-corrected chi connectivity index (χ4v) is 1.50. The number of amides is 1. The first-order valence-corrected chi connectivity index (χ1v) is 5.51.